The van der Waals surface area contributed by atoms with Gasteiger partial charge in [0.25, 0.3) is 0 Å². The molecule has 0 aliphatic heterocycles. The van der Waals surface area contributed by atoms with E-state index >= 15 is 0 Å². The molecule has 1 heterocycles. The first-order valence-corrected chi connectivity index (χ1v) is 10.7. The number of aromatic nitrogens is 2. The van der Waals surface area contributed by atoms with Gasteiger partial charge in [-0.3, -0.25) is 4.79 Å². The highest BCUT2D eigenvalue weighted by molar-refractivity contribution is 7.09. The quantitative estimate of drug-likeness (QED) is 0.572. The molecule has 0 bridgehead atoms. The van der Waals surface area contributed by atoms with E-state index in [-0.39, 0.29) is 11.9 Å². The molecule has 0 unspecified atom stereocenters. The Labute approximate surface area is 177 Å². The lowest BCUT2D eigenvalue weighted by Crippen LogP contribution is -2.35. The van der Waals surface area contributed by atoms with Gasteiger partial charge in [0.05, 0.1) is 0 Å². The number of rotatable bonds is 9. The first-order chi connectivity index (χ1) is 14.0. The van der Waals surface area contributed by atoms with E-state index in [2.05, 4.69) is 59.6 Å². The van der Waals surface area contributed by atoms with Crippen LogP contribution in [0.2, 0.25) is 0 Å². The molecule has 0 aliphatic rings. The summed E-state index contributed by atoms with van der Waals surface area (Å²) >= 11 is 1.40. The third-order valence-corrected chi connectivity index (χ3v) is 5.51. The summed E-state index contributed by atoms with van der Waals surface area (Å²) in [5, 5.41) is 3.86. The average molecular weight is 409 g/mol. The van der Waals surface area contributed by atoms with E-state index in [1.54, 1.807) is 0 Å². The number of nitrogens with zero attached hydrogens (tertiary/aromatic N) is 3. The third kappa shape index (κ3) is 6.39. The fraction of sp³-hybridized carbons (Fsp3) is 0.348. The van der Waals surface area contributed by atoms with Crippen LogP contribution in [-0.2, 0) is 17.8 Å². The number of benzene rings is 2. The van der Waals surface area contributed by atoms with E-state index in [0.29, 0.717) is 19.5 Å². The Morgan fingerprint density at radius 1 is 1.07 bits per heavy atom. The minimum Gasteiger partial charge on any atom is -0.352 e. The van der Waals surface area contributed by atoms with Gasteiger partial charge in [0, 0.05) is 43.5 Å². The highest BCUT2D eigenvalue weighted by Crippen LogP contribution is 2.21. The lowest BCUT2D eigenvalue weighted by molar-refractivity contribution is -0.121. The van der Waals surface area contributed by atoms with Crippen molar-refractivity contribution in [2.45, 2.75) is 46.2 Å². The zero-order chi connectivity index (χ0) is 20.6. The molecule has 0 atom stereocenters. The molecule has 0 saturated heterocycles. The van der Waals surface area contributed by atoms with Crippen molar-refractivity contribution in [2.24, 2.45) is 0 Å². The fourth-order valence-electron chi connectivity index (χ4n) is 3.00. The normalized spacial score (nSPS) is 10.9. The Hall–Kier alpha value is -2.73. The Balaban J connectivity index is 1.54. The van der Waals surface area contributed by atoms with Gasteiger partial charge in [-0.25, -0.2) is 4.98 Å². The maximum Gasteiger partial charge on any atom is 0.222 e. The molecular weight excluding hydrogens is 380 g/mol. The molecule has 2 aromatic carbocycles. The predicted molar refractivity (Wildman–Crippen MR) is 119 cm³/mol. The molecule has 0 spiro atoms. The molecule has 1 N–H and O–H groups in total. The summed E-state index contributed by atoms with van der Waals surface area (Å²) < 4.78 is 4.53. The molecule has 152 valence electrons. The standard InChI is InChI=1S/C23H28N4OS/c1-17(2)27(14-13-22(28)24-16-20-7-5-4-6-8-20)23-25-21(26-29-23)15-19-11-9-18(3)10-12-19/h4-12,17H,13-16H2,1-3H3,(H,24,28). The SMILES string of the molecule is Cc1ccc(Cc2nsc(N(CCC(=O)NCc3ccccc3)C(C)C)n2)cc1. The van der Waals surface area contributed by atoms with E-state index < -0.39 is 0 Å². The molecule has 3 rings (SSSR count). The monoisotopic (exact) mass is 408 g/mol. The molecule has 1 aromatic heterocycles. The topological polar surface area (TPSA) is 58.1 Å². The van der Waals surface area contributed by atoms with Crippen molar-refractivity contribution >= 4 is 22.6 Å². The van der Waals surface area contributed by atoms with Gasteiger partial charge in [0.2, 0.25) is 11.0 Å². The summed E-state index contributed by atoms with van der Waals surface area (Å²) in [6.07, 6.45) is 1.15. The van der Waals surface area contributed by atoms with E-state index in [4.69, 9.17) is 4.98 Å². The Morgan fingerprint density at radius 3 is 2.48 bits per heavy atom. The summed E-state index contributed by atoms with van der Waals surface area (Å²) in [4.78, 5) is 19.2. The van der Waals surface area contributed by atoms with Gasteiger partial charge >= 0.3 is 0 Å². The summed E-state index contributed by atoms with van der Waals surface area (Å²) in [6, 6.07) is 18.7. The summed E-state index contributed by atoms with van der Waals surface area (Å²) in [5.41, 5.74) is 3.56. The number of hydrogen-bond acceptors (Lipinski definition) is 5. The van der Waals surface area contributed by atoms with E-state index in [1.165, 1.54) is 22.7 Å². The van der Waals surface area contributed by atoms with Gasteiger partial charge in [-0.2, -0.15) is 4.37 Å². The lowest BCUT2D eigenvalue weighted by Gasteiger charge is -2.25. The Bertz CT molecular complexity index is 906. The first kappa shape index (κ1) is 21.0. The number of anilines is 1. The number of aryl methyl sites for hydroxylation is 1. The van der Waals surface area contributed by atoms with Crippen molar-refractivity contribution in [3.8, 4) is 0 Å². The van der Waals surface area contributed by atoms with Crippen LogP contribution in [0, 0.1) is 6.92 Å². The number of carbonyl (C=O) groups is 1. The van der Waals surface area contributed by atoms with Gasteiger partial charge in [0.1, 0.15) is 5.82 Å². The molecule has 0 saturated carbocycles. The van der Waals surface area contributed by atoms with E-state index in [0.717, 1.165) is 22.9 Å². The zero-order valence-corrected chi connectivity index (χ0v) is 18.1. The van der Waals surface area contributed by atoms with Crippen LogP contribution in [0.15, 0.2) is 54.6 Å². The second-order valence-corrected chi connectivity index (χ2v) is 8.19. The van der Waals surface area contributed by atoms with Crippen LogP contribution in [0.3, 0.4) is 0 Å². The van der Waals surface area contributed by atoms with Crippen molar-refractivity contribution in [1.82, 2.24) is 14.7 Å². The van der Waals surface area contributed by atoms with Crippen molar-refractivity contribution in [2.75, 3.05) is 11.4 Å². The second kappa shape index (κ2) is 10.2. The molecule has 6 heteroatoms. The number of amides is 1. The van der Waals surface area contributed by atoms with Gasteiger partial charge in [0.15, 0.2) is 0 Å². The second-order valence-electron chi connectivity index (χ2n) is 7.46. The average Bonchev–Trinajstić information content (AvgIpc) is 3.17. The van der Waals surface area contributed by atoms with Crippen LogP contribution in [-0.4, -0.2) is 27.9 Å². The molecule has 0 fully saturated rings. The van der Waals surface area contributed by atoms with Crippen LogP contribution in [0.1, 0.15) is 42.8 Å². The molecule has 5 nitrogen and oxygen atoms in total. The van der Waals surface area contributed by atoms with Gasteiger partial charge < -0.3 is 10.2 Å². The largest absolute Gasteiger partial charge is 0.352 e. The Kier molecular flexibility index (Phi) is 7.36. The van der Waals surface area contributed by atoms with Crippen molar-refractivity contribution in [3.05, 3.63) is 77.1 Å². The van der Waals surface area contributed by atoms with Gasteiger partial charge in [-0.15, -0.1) is 0 Å². The van der Waals surface area contributed by atoms with Crippen molar-refractivity contribution < 1.29 is 4.79 Å². The van der Waals surface area contributed by atoms with Crippen LogP contribution in [0.5, 0.6) is 0 Å². The number of nitrogens with one attached hydrogen (secondary N) is 1. The van der Waals surface area contributed by atoms with E-state index in [9.17, 15) is 4.79 Å². The van der Waals surface area contributed by atoms with Crippen LogP contribution in [0.4, 0.5) is 5.13 Å². The van der Waals surface area contributed by atoms with Crippen molar-refractivity contribution in [3.63, 3.8) is 0 Å². The van der Waals surface area contributed by atoms with Crippen LogP contribution >= 0.6 is 11.5 Å². The molecular formula is C23H28N4OS. The van der Waals surface area contributed by atoms with Crippen molar-refractivity contribution in [1.29, 1.82) is 0 Å². The predicted octanol–water partition coefficient (Wildman–Crippen LogP) is 4.36. The molecule has 0 aliphatic carbocycles. The van der Waals surface area contributed by atoms with E-state index in [1.807, 2.05) is 30.3 Å². The number of hydrogen-bond donors (Lipinski definition) is 1. The maximum atomic E-state index is 12.3. The molecule has 3 aromatic rings. The zero-order valence-electron chi connectivity index (χ0n) is 17.3. The summed E-state index contributed by atoms with van der Waals surface area (Å²) in [6.45, 7) is 7.49. The minimum absolute atomic E-state index is 0.0453. The smallest absolute Gasteiger partial charge is 0.222 e. The third-order valence-electron chi connectivity index (χ3n) is 4.72. The molecule has 29 heavy (non-hydrogen) atoms. The van der Waals surface area contributed by atoms with Gasteiger partial charge in [-0.1, -0.05) is 60.2 Å². The first-order valence-electron chi connectivity index (χ1n) is 9.96. The number of carbonyl (C=O) groups excluding carboxylic acids is 1. The van der Waals surface area contributed by atoms with Gasteiger partial charge in [-0.05, 0) is 31.9 Å². The summed E-state index contributed by atoms with van der Waals surface area (Å²) in [5.74, 6) is 0.872. The molecule has 1 amide bonds. The highest BCUT2D eigenvalue weighted by Gasteiger charge is 2.17. The van der Waals surface area contributed by atoms with Crippen LogP contribution in [0.25, 0.3) is 0 Å². The minimum atomic E-state index is 0.0453. The Morgan fingerprint density at radius 2 is 1.79 bits per heavy atom. The maximum absolute atomic E-state index is 12.3. The lowest BCUT2D eigenvalue weighted by atomic mass is 10.1. The highest BCUT2D eigenvalue weighted by atomic mass is 32.1. The van der Waals surface area contributed by atoms with Crippen LogP contribution < -0.4 is 10.2 Å². The molecule has 0 radical (unpaired) electrons. The summed E-state index contributed by atoms with van der Waals surface area (Å²) in [7, 11) is 0. The fourth-order valence-corrected chi connectivity index (χ4v) is 3.85.